The maximum atomic E-state index is 6.67. The van der Waals surface area contributed by atoms with Crippen LogP contribution in [0.4, 0.5) is 17.1 Å². The lowest BCUT2D eigenvalue weighted by molar-refractivity contribution is 0.669. The quantitative estimate of drug-likeness (QED) is 0.187. The van der Waals surface area contributed by atoms with E-state index in [9.17, 15) is 0 Å². The Labute approximate surface area is 286 Å². The average Bonchev–Trinajstić information content (AvgIpc) is 3.73. The van der Waals surface area contributed by atoms with Crippen molar-refractivity contribution in [1.29, 1.82) is 0 Å². The first-order valence-electron chi connectivity index (χ1n) is 16.3. The molecule has 0 aliphatic heterocycles. The van der Waals surface area contributed by atoms with Crippen molar-refractivity contribution in [1.82, 2.24) is 9.97 Å². The van der Waals surface area contributed by atoms with E-state index in [1.54, 1.807) is 11.3 Å². The number of hydrogen-bond donors (Lipinski definition) is 0. The zero-order valence-electron chi connectivity index (χ0n) is 26.2. The van der Waals surface area contributed by atoms with E-state index in [0.717, 1.165) is 71.4 Å². The van der Waals surface area contributed by atoms with Gasteiger partial charge in [0.25, 0.3) is 0 Å². The number of aromatic nitrogens is 2. The topological polar surface area (TPSA) is 42.2 Å². The molecule has 5 heteroatoms. The largest absolute Gasteiger partial charge is 0.456 e. The van der Waals surface area contributed by atoms with Crippen molar-refractivity contribution in [2.75, 3.05) is 4.90 Å². The molecule has 3 heterocycles. The minimum atomic E-state index is 0.715. The van der Waals surface area contributed by atoms with Crippen LogP contribution in [0.3, 0.4) is 0 Å². The van der Waals surface area contributed by atoms with Crippen molar-refractivity contribution in [3.63, 3.8) is 0 Å². The highest BCUT2D eigenvalue weighted by Gasteiger charge is 2.21. The van der Waals surface area contributed by atoms with Gasteiger partial charge in [0, 0.05) is 55.1 Å². The van der Waals surface area contributed by atoms with Crippen LogP contribution in [0.15, 0.2) is 168 Å². The van der Waals surface area contributed by atoms with Gasteiger partial charge >= 0.3 is 0 Å². The van der Waals surface area contributed by atoms with Crippen molar-refractivity contribution in [3.8, 4) is 22.6 Å². The third kappa shape index (κ3) is 4.59. The fraction of sp³-hybridized carbons (Fsp3) is 0. The smallest absolute Gasteiger partial charge is 0.160 e. The number of anilines is 3. The number of para-hydroxylation sites is 1. The second-order valence-electron chi connectivity index (χ2n) is 12.2. The Kier molecular flexibility index (Phi) is 6.32. The monoisotopic (exact) mass is 645 g/mol. The van der Waals surface area contributed by atoms with Gasteiger partial charge in [-0.25, -0.2) is 9.97 Å². The zero-order valence-corrected chi connectivity index (χ0v) is 27.1. The van der Waals surface area contributed by atoms with Gasteiger partial charge in [0.15, 0.2) is 5.82 Å². The molecular formula is C44H27N3OS. The minimum absolute atomic E-state index is 0.715. The first-order chi connectivity index (χ1) is 24.3. The van der Waals surface area contributed by atoms with E-state index in [2.05, 4.69) is 150 Å². The Balaban J connectivity index is 1.19. The molecule has 0 fully saturated rings. The van der Waals surface area contributed by atoms with Crippen LogP contribution in [0.5, 0.6) is 0 Å². The van der Waals surface area contributed by atoms with Gasteiger partial charge in [0.05, 0.1) is 15.9 Å². The molecule has 0 atom stereocenters. The molecule has 0 bridgehead atoms. The Hall–Kier alpha value is -6.30. The summed E-state index contributed by atoms with van der Waals surface area (Å²) < 4.78 is 8.94. The number of fused-ring (bicyclic) bond motifs is 7. The molecule has 0 spiro atoms. The molecule has 0 saturated heterocycles. The number of rotatable bonds is 5. The highest BCUT2D eigenvalue weighted by Crippen LogP contribution is 2.45. The van der Waals surface area contributed by atoms with Crippen LogP contribution in [0.1, 0.15) is 0 Å². The molecule has 230 valence electrons. The molecule has 49 heavy (non-hydrogen) atoms. The standard InChI is InChI=1S/C44H27N3OS/c1-3-13-29(14-4-1)44-45-41-35-18-9-10-21-39(35)49-43(41)42(46-44)36-19-11-20-37-40(36)34-25-24-33(27-38(34)48-37)47(31-16-5-2-6-17-31)32-23-22-28-12-7-8-15-30(28)26-32/h1-27H. The second kappa shape index (κ2) is 11.2. The van der Waals surface area contributed by atoms with Gasteiger partial charge in [0.2, 0.25) is 0 Å². The van der Waals surface area contributed by atoms with Crippen LogP contribution >= 0.6 is 11.3 Å². The maximum Gasteiger partial charge on any atom is 0.160 e. The molecule has 0 saturated carbocycles. The van der Waals surface area contributed by atoms with Crippen molar-refractivity contribution in [2.45, 2.75) is 0 Å². The van der Waals surface area contributed by atoms with E-state index in [1.807, 2.05) is 18.2 Å². The number of hydrogen-bond acceptors (Lipinski definition) is 5. The number of thiophene rings is 1. The first-order valence-corrected chi connectivity index (χ1v) is 17.1. The Bertz CT molecular complexity index is 2840. The summed E-state index contributed by atoms with van der Waals surface area (Å²) in [6.07, 6.45) is 0. The molecule has 0 radical (unpaired) electrons. The third-order valence-corrected chi connectivity index (χ3v) is 10.4. The average molecular weight is 646 g/mol. The summed E-state index contributed by atoms with van der Waals surface area (Å²) in [7, 11) is 0. The predicted molar refractivity (Wildman–Crippen MR) is 205 cm³/mol. The van der Waals surface area contributed by atoms with Gasteiger partial charge in [-0.15, -0.1) is 11.3 Å². The van der Waals surface area contributed by atoms with Crippen molar-refractivity contribution >= 4 is 81.4 Å². The summed E-state index contributed by atoms with van der Waals surface area (Å²) in [4.78, 5) is 12.7. The lowest BCUT2D eigenvalue weighted by atomic mass is 10.0. The van der Waals surface area contributed by atoms with Crippen LogP contribution in [-0.4, -0.2) is 9.97 Å². The molecule has 7 aromatic carbocycles. The third-order valence-electron chi connectivity index (χ3n) is 9.25. The van der Waals surface area contributed by atoms with Crippen molar-refractivity contribution in [3.05, 3.63) is 164 Å². The van der Waals surface area contributed by atoms with Gasteiger partial charge < -0.3 is 9.32 Å². The molecule has 0 unspecified atom stereocenters. The van der Waals surface area contributed by atoms with E-state index in [-0.39, 0.29) is 0 Å². The van der Waals surface area contributed by atoms with Crippen molar-refractivity contribution in [2.24, 2.45) is 0 Å². The van der Waals surface area contributed by atoms with E-state index in [1.165, 1.54) is 15.5 Å². The SMILES string of the molecule is c1ccc(-c2nc(-c3cccc4oc5cc(N(c6ccccc6)c6ccc7ccccc7c6)ccc5c34)c3sc4ccccc4c3n2)cc1. The lowest BCUT2D eigenvalue weighted by Crippen LogP contribution is -2.09. The molecule has 10 aromatic rings. The van der Waals surface area contributed by atoms with Crippen LogP contribution in [-0.2, 0) is 0 Å². The van der Waals surface area contributed by atoms with Gasteiger partial charge in [-0.3, -0.25) is 0 Å². The maximum absolute atomic E-state index is 6.67. The molecule has 4 nitrogen and oxygen atoms in total. The van der Waals surface area contributed by atoms with Crippen molar-refractivity contribution < 1.29 is 4.42 Å². The fourth-order valence-corrected chi connectivity index (χ4v) is 8.13. The van der Waals surface area contributed by atoms with Crippen LogP contribution in [0, 0.1) is 0 Å². The van der Waals surface area contributed by atoms with Crippen LogP contribution in [0.2, 0.25) is 0 Å². The normalized spacial score (nSPS) is 11.7. The van der Waals surface area contributed by atoms with Gasteiger partial charge in [-0.1, -0.05) is 109 Å². The van der Waals surface area contributed by atoms with Gasteiger partial charge in [-0.2, -0.15) is 0 Å². The van der Waals surface area contributed by atoms with Gasteiger partial charge in [-0.05, 0) is 59.3 Å². The van der Waals surface area contributed by atoms with E-state index in [0.29, 0.717) is 5.82 Å². The molecule has 0 amide bonds. The Morgan fingerprint density at radius 3 is 2.12 bits per heavy atom. The molecule has 3 aromatic heterocycles. The fourth-order valence-electron chi connectivity index (χ4n) is 6.98. The van der Waals surface area contributed by atoms with E-state index in [4.69, 9.17) is 14.4 Å². The summed E-state index contributed by atoms with van der Waals surface area (Å²) in [6.45, 7) is 0. The zero-order chi connectivity index (χ0) is 32.3. The Morgan fingerprint density at radius 1 is 0.510 bits per heavy atom. The summed E-state index contributed by atoms with van der Waals surface area (Å²) in [6, 6.07) is 57.2. The van der Waals surface area contributed by atoms with E-state index >= 15 is 0 Å². The number of benzene rings is 7. The highest BCUT2D eigenvalue weighted by molar-refractivity contribution is 7.26. The number of nitrogens with zero attached hydrogens (tertiary/aromatic N) is 3. The first kappa shape index (κ1) is 27.8. The van der Waals surface area contributed by atoms with Crippen LogP contribution < -0.4 is 4.90 Å². The summed E-state index contributed by atoms with van der Waals surface area (Å²) >= 11 is 1.74. The lowest BCUT2D eigenvalue weighted by Gasteiger charge is -2.25. The second-order valence-corrected chi connectivity index (χ2v) is 13.3. The molecule has 0 N–H and O–H groups in total. The molecule has 0 aliphatic rings. The summed E-state index contributed by atoms with van der Waals surface area (Å²) in [5.74, 6) is 0.715. The number of furan rings is 1. The van der Waals surface area contributed by atoms with Crippen LogP contribution in [0.25, 0.3) is 75.7 Å². The minimum Gasteiger partial charge on any atom is -0.456 e. The predicted octanol–water partition coefficient (Wildman–Crippen LogP) is 12.7. The molecule has 0 aliphatic carbocycles. The Morgan fingerprint density at radius 2 is 1.24 bits per heavy atom. The summed E-state index contributed by atoms with van der Waals surface area (Å²) in [5, 5.41) is 5.66. The molecule has 10 rings (SSSR count). The van der Waals surface area contributed by atoms with Gasteiger partial charge in [0.1, 0.15) is 11.2 Å². The summed E-state index contributed by atoms with van der Waals surface area (Å²) in [5.41, 5.74) is 8.77. The van der Waals surface area contributed by atoms with E-state index < -0.39 is 0 Å². The molecular weight excluding hydrogens is 619 g/mol. The highest BCUT2D eigenvalue weighted by atomic mass is 32.1.